The first-order chi connectivity index (χ1) is 19.3. The third kappa shape index (κ3) is 3.52. The lowest BCUT2D eigenvalue weighted by molar-refractivity contribution is -0.633. The molecule has 0 aliphatic heterocycles. The lowest BCUT2D eigenvalue weighted by Crippen LogP contribution is -2.33. The number of aromatic nitrogens is 2. The molecule has 2 aromatic heterocycles. The predicted molar refractivity (Wildman–Crippen MR) is 171 cm³/mol. The number of aryl methyl sites for hydroxylation is 3. The normalized spacial score (nSPS) is 12.2. The second-order valence-corrected chi connectivity index (χ2v) is 12.2. The third-order valence-corrected chi connectivity index (χ3v) is 8.71. The number of nitrogens with zero attached hydrogens (tertiary/aromatic N) is 2. The standard InChI is InChI=1S/C38H35N2/c1-24-14-13-19-29-28-17-9-12-21-34(28)40(37(24)29)36-23-35(39(6)33-20-11-10-18-30(33)36)31-22-32(38(3,4)5)27-16-8-7-15-26(27)25(31)2/h7-23H,1-6H3/q+1. The Morgan fingerprint density at radius 3 is 2.00 bits per heavy atom. The summed E-state index contributed by atoms with van der Waals surface area (Å²) in [5.41, 5.74) is 11.5. The van der Waals surface area contributed by atoms with Gasteiger partial charge in [-0.05, 0) is 64.9 Å². The monoisotopic (exact) mass is 519 g/mol. The van der Waals surface area contributed by atoms with E-state index in [-0.39, 0.29) is 5.41 Å². The zero-order chi connectivity index (χ0) is 27.8. The van der Waals surface area contributed by atoms with Crippen LogP contribution in [0, 0.1) is 13.8 Å². The summed E-state index contributed by atoms with van der Waals surface area (Å²) in [7, 11) is 2.21. The van der Waals surface area contributed by atoms with Crippen LogP contribution in [0.1, 0.15) is 37.5 Å². The van der Waals surface area contributed by atoms with Gasteiger partial charge in [-0.25, -0.2) is 0 Å². The highest BCUT2D eigenvalue weighted by molar-refractivity contribution is 6.11. The summed E-state index contributed by atoms with van der Waals surface area (Å²) in [4.78, 5) is 0. The van der Waals surface area contributed by atoms with E-state index in [0.29, 0.717) is 0 Å². The van der Waals surface area contributed by atoms with Crippen LogP contribution in [0.2, 0.25) is 0 Å². The molecule has 0 spiro atoms. The van der Waals surface area contributed by atoms with Crippen LogP contribution in [0.15, 0.2) is 103 Å². The fourth-order valence-corrected chi connectivity index (χ4v) is 6.71. The van der Waals surface area contributed by atoms with Crippen LogP contribution in [0.3, 0.4) is 0 Å². The summed E-state index contributed by atoms with van der Waals surface area (Å²) < 4.78 is 4.87. The first kappa shape index (κ1) is 24.6. The Morgan fingerprint density at radius 2 is 1.25 bits per heavy atom. The van der Waals surface area contributed by atoms with Crippen molar-refractivity contribution in [1.29, 1.82) is 0 Å². The molecule has 0 atom stereocenters. The average Bonchev–Trinajstić information content (AvgIpc) is 3.29. The summed E-state index contributed by atoms with van der Waals surface area (Å²) in [6.45, 7) is 11.5. The Hall–Kier alpha value is -4.43. The van der Waals surface area contributed by atoms with Crippen LogP contribution >= 0.6 is 0 Å². The molecule has 2 nitrogen and oxygen atoms in total. The summed E-state index contributed by atoms with van der Waals surface area (Å²) in [5, 5.41) is 6.50. The number of fused-ring (bicyclic) bond motifs is 5. The van der Waals surface area contributed by atoms with Gasteiger partial charge < -0.3 is 4.57 Å². The fraction of sp³-hybridized carbons (Fsp3) is 0.184. The summed E-state index contributed by atoms with van der Waals surface area (Å²) in [6.07, 6.45) is 0. The van der Waals surface area contributed by atoms with E-state index in [1.807, 2.05) is 0 Å². The molecule has 0 N–H and O–H groups in total. The van der Waals surface area contributed by atoms with Crippen molar-refractivity contribution in [3.8, 4) is 16.9 Å². The molecular weight excluding hydrogens is 484 g/mol. The molecule has 196 valence electrons. The maximum atomic E-state index is 2.49. The van der Waals surface area contributed by atoms with Crippen molar-refractivity contribution < 1.29 is 4.57 Å². The first-order valence-electron chi connectivity index (χ1n) is 14.2. The molecule has 0 fully saturated rings. The van der Waals surface area contributed by atoms with Gasteiger partial charge in [-0.1, -0.05) is 93.6 Å². The van der Waals surface area contributed by atoms with Gasteiger partial charge in [-0.3, -0.25) is 0 Å². The number of pyridine rings is 1. The largest absolute Gasteiger partial charge is 0.308 e. The third-order valence-electron chi connectivity index (χ3n) is 8.71. The van der Waals surface area contributed by atoms with Gasteiger partial charge in [0.2, 0.25) is 11.2 Å². The lowest BCUT2D eigenvalue weighted by Gasteiger charge is -2.24. The van der Waals surface area contributed by atoms with E-state index >= 15 is 0 Å². The Labute approximate surface area is 236 Å². The van der Waals surface area contributed by atoms with E-state index in [0.717, 1.165) is 0 Å². The minimum Gasteiger partial charge on any atom is -0.308 e. The Balaban J connectivity index is 1.66. The smallest absolute Gasteiger partial charge is 0.215 e. The van der Waals surface area contributed by atoms with Crippen molar-refractivity contribution in [2.24, 2.45) is 7.05 Å². The Bertz CT molecular complexity index is 2120. The minimum atomic E-state index is 0.0181. The minimum absolute atomic E-state index is 0.0181. The second kappa shape index (κ2) is 8.79. The van der Waals surface area contributed by atoms with Crippen LogP contribution in [-0.4, -0.2) is 4.57 Å². The maximum Gasteiger partial charge on any atom is 0.215 e. The molecule has 5 aromatic carbocycles. The van der Waals surface area contributed by atoms with Gasteiger partial charge in [0.25, 0.3) is 0 Å². The number of para-hydroxylation sites is 3. The van der Waals surface area contributed by atoms with Crippen LogP contribution in [0.5, 0.6) is 0 Å². The lowest BCUT2D eigenvalue weighted by atomic mass is 9.80. The number of benzene rings is 5. The predicted octanol–water partition coefficient (Wildman–Crippen LogP) is 9.50. The van der Waals surface area contributed by atoms with Crippen LogP contribution < -0.4 is 4.57 Å². The fourth-order valence-electron chi connectivity index (χ4n) is 6.71. The number of hydrogen-bond donors (Lipinski definition) is 0. The molecule has 0 saturated heterocycles. The Morgan fingerprint density at radius 1 is 0.625 bits per heavy atom. The van der Waals surface area contributed by atoms with E-state index in [1.165, 1.54) is 77.1 Å². The van der Waals surface area contributed by atoms with Gasteiger partial charge in [0.15, 0.2) is 0 Å². The zero-order valence-electron chi connectivity index (χ0n) is 24.2. The average molecular weight is 520 g/mol. The highest BCUT2D eigenvalue weighted by atomic mass is 15.0. The van der Waals surface area contributed by atoms with Crippen molar-refractivity contribution in [2.45, 2.75) is 40.0 Å². The number of hydrogen-bond acceptors (Lipinski definition) is 0. The van der Waals surface area contributed by atoms with Gasteiger partial charge in [-0.2, -0.15) is 4.57 Å². The summed E-state index contributed by atoms with van der Waals surface area (Å²) in [6, 6.07) is 38.1. The molecular formula is C38H35N2+. The topological polar surface area (TPSA) is 8.81 Å². The SMILES string of the molecule is Cc1c(-c2cc(-n3c4ccccc4c4cccc(C)c43)c3ccccc3[n+]2C)cc(C(C)(C)C)c2ccccc12. The maximum absolute atomic E-state index is 2.49. The van der Waals surface area contributed by atoms with Gasteiger partial charge in [-0.15, -0.1) is 0 Å². The van der Waals surface area contributed by atoms with Gasteiger partial charge in [0, 0.05) is 22.9 Å². The van der Waals surface area contributed by atoms with E-state index < -0.39 is 0 Å². The van der Waals surface area contributed by atoms with Crippen LogP contribution in [0.25, 0.3) is 60.4 Å². The Kier molecular flexibility index (Phi) is 5.41. The quantitative estimate of drug-likeness (QED) is 0.201. The van der Waals surface area contributed by atoms with Crippen LogP contribution in [0.4, 0.5) is 0 Å². The number of rotatable bonds is 2. The molecule has 2 heteroatoms. The van der Waals surface area contributed by atoms with Crippen molar-refractivity contribution in [3.05, 3.63) is 120 Å². The van der Waals surface area contributed by atoms with E-state index in [1.54, 1.807) is 0 Å². The van der Waals surface area contributed by atoms with Gasteiger partial charge in [0.1, 0.15) is 7.05 Å². The molecule has 0 unspecified atom stereocenters. The molecule has 0 saturated carbocycles. The molecule has 7 rings (SSSR count). The van der Waals surface area contributed by atoms with Crippen molar-refractivity contribution in [3.63, 3.8) is 0 Å². The zero-order valence-corrected chi connectivity index (χ0v) is 24.2. The van der Waals surface area contributed by atoms with E-state index in [2.05, 4.69) is 154 Å². The van der Waals surface area contributed by atoms with Crippen molar-refractivity contribution >= 4 is 43.5 Å². The molecule has 7 aromatic rings. The van der Waals surface area contributed by atoms with E-state index in [4.69, 9.17) is 0 Å². The molecule has 0 amide bonds. The molecule has 0 radical (unpaired) electrons. The van der Waals surface area contributed by atoms with Crippen molar-refractivity contribution in [1.82, 2.24) is 4.57 Å². The molecule has 0 aliphatic rings. The second-order valence-electron chi connectivity index (χ2n) is 12.2. The molecule has 0 aliphatic carbocycles. The highest BCUT2D eigenvalue weighted by Crippen LogP contribution is 2.40. The van der Waals surface area contributed by atoms with Gasteiger partial charge in [0.05, 0.1) is 27.7 Å². The molecule has 40 heavy (non-hydrogen) atoms. The van der Waals surface area contributed by atoms with Crippen molar-refractivity contribution in [2.75, 3.05) is 0 Å². The molecule has 2 heterocycles. The highest BCUT2D eigenvalue weighted by Gasteiger charge is 2.26. The first-order valence-corrected chi connectivity index (χ1v) is 14.2. The molecule has 0 bridgehead atoms. The summed E-state index contributed by atoms with van der Waals surface area (Å²) in [5.74, 6) is 0. The van der Waals surface area contributed by atoms with Gasteiger partial charge >= 0.3 is 0 Å². The summed E-state index contributed by atoms with van der Waals surface area (Å²) >= 11 is 0. The van der Waals surface area contributed by atoms with Crippen LogP contribution in [-0.2, 0) is 12.5 Å². The van der Waals surface area contributed by atoms with E-state index in [9.17, 15) is 0 Å².